The largest absolute Gasteiger partial charge is 0.356 e. The summed E-state index contributed by atoms with van der Waals surface area (Å²) in [6.07, 6.45) is 0. The predicted octanol–water partition coefficient (Wildman–Crippen LogP) is 1.82. The average molecular weight is 230 g/mol. The second-order valence-electron chi connectivity index (χ2n) is 2.80. The van der Waals surface area contributed by atoms with Gasteiger partial charge in [-0.15, -0.1) is 23.1 Å². The van der Waals surface area contributed by atoms with Crippen LogP contribution in [0.4, 0.5) is 0 Å². The number of thiazole rings is 1. The molecule has 0 saturated heterocycles. The summed E-state index contributed by atoms with van der Waals surface area (Å²) in [4.78, 5) is 15.4. The number of hydrogen-bond acceptors (Lipinski definition) is 4. The van der Waals surface area contributed by atoms with Crippen molar-refractivity contribution in [2.24, 2.45) is 0 Å². The fourth-order valence-electron chi connectivity index (χ4n) is 0.971. The van der Waals surface area contributed by atoms with Crippen LogP contribution in [0.1, 0.15) is 17.6 Å². The van der Waals surface area contributed by atoms with Gasteiger partial charge in [0.05, 0.1) is 16.5 Å². The van der Waals surface area contributed by atoms with Crippen LogP contribution in [-0.4, -0.2) is 23.2 Å². The molecule has 0 spiro atoms. The van der Waals surface area contributed by atoms with Gasteiger partial charge in [0.1, 0.15) is 0 Å². The molecular weight excluding hydrogens is 216 g/mol. The highest BCUT2D eigenvalue weighted by atomic mass is 32.2. The molecule has 0 aliphatic carbocycles. The van der Waals surface area contributed by atoms with Gasteiger partial charge in [-0.2, -0.15) is 0 Å². The monoisotopic (exact) mass is 230 g/mol. The summed E-state index contributed by atoms with van der Waals surface area (Å²) in [5.74, 6) is 1.44. The number of aromatic nitrogens is 1. The lowest BCUT2D eigenvalue weighted by molar-refractivity contribution is -0.118. The van der Waals surface area contributed by atoms with Gasteiger partial charge in [0.15, 0.2) is 0 Å². The topological polar surface area (TPSA) is 42.0 Å². The number of thioether (sulfide) groups is 1. The van der Waals surface area contributed by atoms with Crippen molar-refractivity contribution in [3.05, 3.63) is 16.1 Å². The fourth-order valence-corrected chi connectivity index (χ4v) is 2.44. The zero-order valence-corrected chi connectivity index (χ0v) is 10.0. The maximum Gasteiger partial charge on any atom is 0.229 e. The van der Waals surface area contributed by atoms with Crippen LogP contribution in [0.5, 0.6) is 0 Å². The van der Waals surface area contributed by atoms with E-state index in [1.54, 1.807) is 23.1 Å². The van der Waals surface area contributed by atoms with Crippen molar-refractivity contribution in [1.82, 2.24) is 10.3 Å². The molecule has 1 rings (SSSR count). The Morgan fingerprint density at radius 3 is 3.07 bits per heavy atom. The fraction of sp³-hybridized carbons (Fsp3) is 0.556. The number of aryl methyl sites for hydroxylation is 1. The lowest BCUT2D eigenvalue weighted by atomic mass is 10.6. The third-order valence-corrected chi connectivity index (χ3v) is 3.31. The Hall–Kier alpha value is -0.550. The van der Waals surface area contributed by atoms with E-state index in [2.05, 4.69) is 10.3 Å². The Bertz CT molecular complexity index is 299. The van der Waals surface area contributed by atoms with Crippen molar-refractivity contribution in [3.63, 3.8) is 0 Å². The van der Waals surface area contributed by atoms with Crippen molar-refractivity contribution >= 4 is 29.0 Å². The molecule has 78 valence electrons. The maximum atomic E-state index is 11.1. The van der Waals surface area contributed by atoms with E-state index in [9.17, 15) is 4.79 Å². The Kier molecular flexibility index (Phi) is 4.97. The minimum Gasteiger partial charge on any atom is -0.356 e. The lowest BCUT2D eigenvalue weighted by Gasteiger charge is -2.00. The second kappa shape index (κ2) is 6.03. The molecule has 0 saturated carbocycles. The summed E-state index contributed by atoms with van der Waals surface area (Å²) in [6, 6.07) is 0. The van der Waals surface area contributed by atoms with E-state index in [4.69, 9.17) is 0 Å². The molecule has 1 aromatic heterocycles. The standard InChI is InChI=1S/C9H14N2OS2/c1-3-10-9(12)6-13-4-8-5-14-7(2)11-8/h5H,3-4,6H2,1-2H3,(H,10,12). The van der Waals surface area contributed by atoms with Gasteiger partial charge in [-0.1, -0.05) is 0 Å². The highest BCUT2D eigenvalue weighted by molar-refractivity contribution is 7.99. The third-order valence-electron chi connectivity index (χ3n) is 1.52. The Balaban J connectivity index is 2.18. The number of carbonyl (C=O) groups is 1. The summed E-state index contributed by atoms with van der Waals surface area (Å²) in [6.45, 7) is 4.62. The zero-order valence-electron chi connectivity index (χ0n) is 8.37. The van der Waals surface area contributed by atoms with Gasteiger partial charge in [-0.05, 0) is 13.8 Å². The van der Waals surface area contributed by atoms with Crippen LogP contribution in [-0.2, 0) is 10.5 Å². The van der Waals surface area contributed by atoms with E-state index in [1.807, 2.05) is 19.2 Å². The summed E-state index contributed by atoms with van der Waals surface area (Å²) in [7, 11) is 0. The summed E-state index contributed by atoms with van der Waals surface area (Å²) in [5.41, 5.74) is 1.07. The number of rotatable bonds is 5. The number of hydrogen-bond donors (Lipinski definition) is 1. The molecule has 0 unspecified atom stereocenters. The van der Waals surface area contributed by atoms with E-state index in [0.29, 0.717) is 12.3 Å². The molecule has 1 N–H and O–H groups in total. The quantitative estimate of drug-likeness (QED) is 0.839. The first-order chi connectivity index (χ1) is 6.72. The van der Waals surface area contributed by atoms with Crippen LogP contribution in [0.15, 0.2) is 5.38 Å². The van der Waals surface area contributed by atoms with Gasteiger partial charge in [0.2, 0.25) is 5.91 Å². The normalized spacial score (nSPS) is 10.1. The maximum absolute atomic E-state index is 11.1. The SMILES string of the molecule is CCNC(=O)CSCc1csc(C)n1. The van der Waals surface area contributed by atoms with Gasteiger partial charge >= 0.3 is 0 Å². The minimum absolute atomic E-state index is 0.101. The first-order valence-corrected chi connectivity index (χ1v) is 6.51. The number of nitrogens with one attached hydrogen (secondary N) is 1. The molecule has 1 heterocycles. The van der Waals surface area contributed by atoms with E-state index < -0.39 is 0 Å². The first-order valence-electron chi connectivity index (χ1n) is 4.47. The van der Waals surface area contributed by atoms with E-state index in [1.165, 1.54) is 0 Å². The van der Waals surface area contributed by atoms with E-state index in [-0.39, 0.29) is 5.91 Å². The summed E-state index contributed by atoms with van der Waals surface area (Å²) in [5, 5.41) is 5.88. The molecule has 5 heteroatoms. The van der Waals surface area contributed by atoms with Crippen LogP contribution in [0, 0.1) is 6.92 Å². The van der Waals surface area contributed by atoms with Gasteiger partial charge in [0.25, 0.3) is 0 Å². The first kappa shape index (κ1) is 11.5. The molecule has 1 aromatic rings. The van der Waals surface area contributed by atoms with Crippen LogP contribution >= 0.6 is 23.1 Å². The van der Waals surface area contributed by atoms with Crippen molar-refractivity contribution < 1.29 is 4.79 Å². The molecule has 0 aliphatic rings. The lowest BCUT2D eigenvalue weighted by Crippen LogP contribution is -2.24. The highest BCUT2D eigenvalue weighted by Crippen LogP contribution is 2.14. The van der Waals surface area contributed by atoms with E-state index >= 15 is 0 Å². The van der Waals surface area contributed by atoms with Crippen molar-refractivity contribution in [2.45, 2.75) is 19.6 Å². The molecule has 0 radical (unpaired) electrons. The Morgan fingerprint density at radius 1 is 1.71 bits per heavy atom. The van der Waals surface area contributed by atoms with Gasteiger partial charge in [-0.3, -0.25) is 4.79 Å². The molecule has 14 heavy (non-hydrogen) atoms. The predicted molar refractivity (Wildman–Crippen MR) is 61.7 cm³/mol. The smallest absolute Gasteiger partial charge is 0.229 e. The van der Waals surface area contributed by atoms with Crippen molar-refractivity contribution in [1.29, 1.82) is 0 Å². The van der Waals surface area contributed by atoms with Gasteiger partial charge < -0.3 is 5.32 Å². The van der Waals surface area contributed by atoms with Crippen LogP contribution in [0.25, 0.3) is 0 Å². The van der Waals surface area contributed by atoms with Crippen molar-refractivity contribution in [2.75, 3.05) is 12.3 Å². The molecule has 1 amide bonds. The van der Waals surface area contributed by atoms with Gasteiger partial charge in [-0.25, -0.2) is 4.98 Å². The van der Waals surface area contributed by atoms with Gasteiger partial charge in [0, 0.05) is 17.7 Å². The number of nitrogens with zero attached hydrogens (tertiary/aromatic N) is 1. The molecule has 3 nitrogen and oxygen atoms in total. The van der Waals surface area contributed by atoms with Crippen molar-refractivity contribution in [3.8, 4) is 0 Å². The van der Waals surface area contributed by atoms with Crippen LogP contribution in [0.3, 0.4) is 0 Å². The Labute approximate surface area is 92.3 Å². The molecule has 0 atom stereocenters. The molecule has 0 fully saturated rings. The number of amides is 1. The van der Waals surface area contributed by atoms with E-state index in [0.717, 1.165) is 16.5 Å². The molecule has 0 aliphatic heterocycles. The minimum atomic E-state index is 0.101. The van der Waals surface area contributed by atoms with Crippen LogP contribution < -0.4 is 5.32 Å². The molecular formula is C9H14N2OS2. The highest BCUT2D eigenvalue weighted by Gasteiger charge is 2.02. The Morgan fingerprint density at radius 2 is 2.50 bits per heavy atom. The third kappa shape index (κ3) is 4.11. The average Bonchev–Trinajstić information content (AvgIpc) is 2.52. The number of carbonyl (C=O) groups excluding carboxylic acids is 1. The summed E-state index contributed by atoms with van der Waals surface area (Å²) < 4.78 is 0. The second-order valence-corrected chi connectivity index (χ2v) is 4.85. The van der Waals surface area contributed by atoms with Crippen LogP contribution in [0.2, 0.25) is 0 Å². The molecule has 0 aromatic carbocycles. The zero-order chi connectivity index (χ0) is 10.4. The molecule has 0 bridgehead atoms. The summed E-state index contributed by atoms with van der Waals surface area (Å²) >= 11 is 3.25.